The molecule has 0 fully saturated rings. The number of anilines is 2. The molecule has 104 valence electrons. The fourth-order valence-electron chi connectivity index (χ4n) is 1.60. The van der Waals surface area contributed by atoms with Crippen LogP contribution < -0.4 is 10.6 Å². The van der Waals surface area contributed by atoms with Crippen molar-refractivity contribution in [2.45, 2.75) is 0 Å². The number of aromatic nitrogens is 1. The molecule has 20 heavy (non-hydrogen) atoms. The number of rotatable bonds is 3. The Kier molecular flexibility index (Phi) is 4.57. The molecule has 0 aliphatic rings. The predicted molar refractivity (Wildman–Crippen MR) is 80.8 cm³/mol. The summed E-state index contributed by atoms with van der Waals surface area (Å²) in [6.45, 7) is 0. The molecule has 0 atom stereocenters. The highest BCUT2D eigenvalue weighted by atomic mass is 79.9. The van der Waals surface area contributed by atoms with Gasteiger partial charge in [0, 0.05) is 7.05 Å². The quantitative estimate of drug-likeness (QED) is 0.874. The van der Waals surface area contributed by atoms with Gasteiger partial charge in [-0.25, -0.2) is 9.37 Å². The number of carbonyl (C=O) groups excluding carboxylic acids is 1. The van der Waals surface area contributed by atoms with E-state index in [1.807, 2.05) is 0 Å². The zero-order valence-corrected chi connectivity index (χ0v) is 12.7. The Morgan fingerprint density at radius 3 is 2.90 bits per heavy atom. The molecule has 4 nitrogen and oxygen atoms in total. The summed E-state index contributed by atoms with van der Waals surface area (Å²) in [6, 6.07) is 6.18. The lowest BCUT2D eigenvalue weighted by Gasteiger charge is -2.11. The maximum Gasteiger partial charge on any atom is 0.259 e. The molecule has 1 heterocycles. The lowest BCUT2D eigenvalue weighted by Crippen LogP contribution is -2.15. The molecule has 0 spiro atoms. The van der Waals surface area contributed by atoms with Crippen molar-refractivity contribution >= 4 is 44.9 Å². The van der Waals surface area contributed by atoms with Crippen LogP contribution in [0.1, 0.15) is 10.4 Å². The average molecular weight is 359 g/mol. The molecular weight excluding hydrogens is 349 g/mol. The van der Waals surface area contributed by atoms with Crippen LogP contribution >= 0.6 is 27.5 Å². The zero-order chi connectivity index (χ0) is 14.7. The Bertz CT molecular complexity index is 666. The van der Waals surface area contributed by atoms with Crippen LogP contribution in [-0.4, -0.2) is 17.9 Å². The molecule has 0 unspecified atom stereocenters. The minimum atomic E-state index is -0.584. The first-order valence-electron chi connectivity index (χ1n) is 5.61. The molecule has 7 heteroatoms. The van der Waals surface area contributed by atoms with Gasteiger partial charge >= 0.3 is 0 Å². The Balaban J connectivity index is 2.33. The molecule has 0 aliphatic heterocycles. The van der Waals surface area contributed by atoms with E-state index in [2.05, 4.69) is 31.5 Å². The zero-order valence-electron chi connectivity index (χ0n) is 10.4. The first kappa shape index (κ1) is 14.7. The summed E-state index contributed by atoms with van der Waals surface area (Å²) in [6.07, 6.45) is 1.04. The van der Waals surface area contributed by atoms with E-state index in [1.165, 1.54) is 0 Å². The summed E-state index contributed by atoms with van der Waals surface area (Å²) in [5.74, 6) is -0.773. The molecule has 0 bridgehead atoms. The maximum atomic E-state index is 13.2. The number of halogens is 3. The van der Waals surface area contributed by atoms with E-state index in [4.69, 9.17) is 11.6 Å². The van der Waals surface area contributed by atoms with Crippen LogP contribution in [0.4, 0.5) is 15.9 Å². The Hall–Kier alpha value is -1.66. The van der Waals surface area contributed by atoms with Crippen LogP contribution in [0.25, 0.3) is 0 Å². The predicted octanol–water partition coefficient (Wildman–Crippen LogP) is 3.93. The third-order valence-corrected chi connectivity index (χ3v) is 3.93. The Morgan fingerprint density at radius 1 is 1.45 bits per heavy atom. The monoisotopic (exact) mass is 357 g/mol. The SMILES string of the molecule is CNc1ncc(F)cc1C(=O)Nc1cccc(Cl)c1Br. The van der Waals surface area contributed by atoms with Gasteiger partial charge in [-0.3, -0.25) is 4.79 Å². The van der Waals surface area contributed by atoms with Crippen molar-refractivity contribution in [3.05, 3.63) is 51.3 Å². The maximum absolute atomic E-state index is 13.2. The largest absolute Gasteiger partial charge is 0.372 e. The highest BCUT2D eigenvalue weighted by molar-refractivity contribution is 9.10. The Morgan fingerprint density at radius 2 is 2.20 bits per heavy atom. The molecular formula is C13H10BrClFN3O. The van der Waals surface area contributed by atoms with Crippen LogP contribution in [0.2, 0.25) is 5.02 Å². The van der Waals surface area contributed by atoms with Gasteiger partial charge in [0.05, 0.1) is 26.9 Å². The summed E-state index contributed by atoms with van der Waals surface area (Å²) in [5.41, 5.74) is 0.605. The third kappa shape index (κ3) is 3.08. The average Bonchev–Trinajstić information content (AvgIpc) is 2.43. The van der Waals surface area contributed by atoms with Gasteiger partial charge in [-0.05, 0) is 34.1 Å². The van der Waals surface area contributed by atoms with E-state index < -0.39 is 11.7 Å². The number of nitrogens with one attached hydrogen (secondary N) is 2. The first-order valence-corrected chi connectivity index (χ1v) is 6.78. The van der Waals surface area contributed by atoms with E-state index in [-0.39, 0.29) is 5.56 Å². The summed E-state index contributed by atoms with van der Waals surface area (Å²) < 4.78 is 13.8. The minimum Gasteiger partial charge on any atom is -0.372 e. The van der Waals surface area contributed by atoms with Gasteiger partial charge < -0.3 is 10.6 Å². The second-order valence-corrected chi connectivity index (χ2v) is 5.06. The topological polar surface area (TPSA) is 54.0 Å². The number of nitrogens with zero attached hydrogens (tertiary/aromatic N) is 1. The fourth-order valence-corrected chi connectivity index (χ4v) is 2.14. The van der Waals surface area contributed by atoms with Gasteiger partial charge in [-0.2, -0.15) is 0 Å². The first-order chi connectivity index (χ1) is 9.52. The summed E-state index contributed by atoms with van der Waals surface area (Å²) >= 11 is 9.22. The molecule has 2 aromatic rings. The molecule has 0 saturated carbocycles. The fraction of sp³-hybridized carbons (Fsp3) is 0.0769. The van der Waals surface area contributed by atoms with Crippen molar-refractivity contribution in [3.8, 4) is 0 Å². The van der Waals surface area contributed by atoms with E-state index in [0.717, 1.165) is 12.3 Å². The van der Waals surface area contributed by atoms with Crippen molar-refractivity contribution < 1.29 is 9.18 Å². The Labute approximate surface area is 128 Å². The second-order valence-electron chi connectivity index (χ2n) is 3.86. The van der Waals surface area contributed by atoms with Gasteiger partial charge in [-0.1, -0.05) is 17.7 Å². The standard InChI is InChI=1S/C13H10BrClFN3O/c1-17-12-8(5-7(16)6-18-12)13(20)19-10-4-2-3-9(15)11(10)14/h2-6H,1H3,(H,17,18)(H,19,20). The molecule has 2 N–H and O–H groups in total. The van der Waals surface area contributed by atoms with E-state index >= 15 is 0 Å². The van der Waals surface area contributed by atoms with Crippen LogP contribution in [0.3, 0.4) is 0 Å². The van der Waals surface area contributed by atoms with E-state index in [0.29, 0.717) is 21.0 Å². The summed E-state index contributed by atoms with van der Waals surface area (Å²) in [5, 5.41) is 5.86. The number of pyridine rings is 1. The van der Waals surface area contributed by atoms with Crippen LogP contribution in [0, 0.1) is 5.82 Å². The number of hydrogen-bond donors (Lipinski definition) is 2. The van der Waals surface area contributed by atoms with Crippen molar-refractivity contribution in [2.75, 3.05) is 17.7 Å². The van der Waals surface area contributed by atoms with Gasteiger partial charge in [0.2, 0.25) is 0 Å². The minimum absolute atomic E-state index is 0.111. The van der Waals surface area contributed by atoms with Gasteiger partial charge in [0.15, 0.2) is 0 Å². The van der Waals surface area contributed by atoms with E-state index in [9.17, 15) is 9.18 Å². The lowest BCUT2D eigenvalue weighted by atomic mass is 10.2. The van der Waals surface area contributed by atoms with Crippen molar-refractivity contribution in [1.82, 2.24) is 4.98 Å². The van der Waals surface area contributed by atoms with Crippen molar-refractivity contribution in [2.24, 2.45) is 0 Å². The second kappa shape index (κ2) is 6.19. The van der Waals surface area contributed by atoms with Crippen molar-refractivity contribution in [1.29, 1.82) is 0 Å². The van der Waals surface area contributed by atoms with Gasteiger partial charge in [0.25, 0.3) is 5.91 Å². The molecule has 2 rings (SSSR count). The van der Waals surface area contributed by atoms with Crippen LogP contribution in [0.5, 0.6) is 0 Å². The van der Waals surface area contributed by atoms with E-state index in [1.54, 1.807) is 25.2 Å². The van der Waals surface area contributed by atoms with Gasteiger partial charge in [-0.15, -0.1) is 0 Å². The molecule has 0 radical (unpaired) electrons. The smallest absolute Gasteiger partial charge is 0.259 e. The number of carbonyl (C=O) groups is 1. The summed E-state index contributed by atoms with van der Waals surface area (Å²) in [4.78, 5) is 16.0. The third-order valence-electron chi connectivity index (χ3n) is 2.54. The molecule has 1 aromatic carbocycles. The van der Waals surface area contributed by atoms with Crippen LogP contribution in [0.15, 0.2) is 34.9 Å². The number of benzene rings is 1. The highest BCUT2D eigenvalue weighted by Gasteiger charge is 2.15. The van der Waals surface area contributed by atoms with Gasteiger partial charge in [0.1, 0.15) is 11.6 Å². The van der Waals surface area contributed by atoms with Crippen LogP contribution in [-0.2, 0) is 0 Å². The number of hydrogen-bond acceptors (Lipinski definition) is 3. The molecule has 0 saturated heterocycles. The van der Waals surface area contributed by atoms with Crippen molar-refractivity contribution in [3.63, 3.8) is 0 Å². The number of amides is 1. The lowest BCUT2D eigenvalue weighted by molar-refractivity contribution is 0.102. The molecule has 1 aromatic heterocycles. The molecule has 1 amide bonds. The highest BCUT2D eigenvalue weighted by Crippen LogP contribution is 2.30. The normalized spacial score (nSPS) is 10.2. The molecule has 0 aliphatic carbocycles. The summed E-state index contributed by atoms with van der Waals surface area (Å²) in [7, 11) is 1.60.